The molecule has 0 radical (unpaired) electrons. The Morgan fingerprint density at radius 3 is 2.44 bits per heavy atom. The topological polar surface area (TPSA) is 20.3 Å². The van der Waals surface area contributed by atoms with Gasteiger partial charge >= 0.3 is 0 Å². The first-order valence-electron chi connectivity index (χ1n) is 6.29. The van der Waals surface area contributed by atoms with Crippen molar-refractivity contribution in [2.45, 2.75) is 38.8 Å². The van der Waals surface area contributed by atoms with Crippen LogP contribution < -0.4 is 0 Å². The van der Waals surface area contributed by atoms with E-state index in [1.807, 2.05) is 6.07 Å². The number of carbonyl (C=O) groups excluding carboxylic acids is 1. The van der Waals surface area contributed by atoms with Crippen molar-refractivity contribution in [3.8, 4) is 0 Å². The van der Waals surface area contributed by atoms with Crippen LogP contribution in [0.5, 0.6) is 0 Å². The van der Waals surface area contributed by atoms with E-state index in [0.29, 0.717) is 5.41 Å². The Bertz CT molecular complexity index is 488. The van der Waals surface area contributed by atoms with Gasteiger partial charge in [0.25, 0.3) is 0 Å². The Morgan fingerprint density at radius 1 is 1.28 bits per heavy atom. The van der Waals surface area contributed by atoms with E-state index in [2.05, 4.69) is 64.5 Å². The Hall–Kier alpha value is -0.236. The molecule has 0 bridgehead atoms. The number of hydrogen-bond acceptors (Lipinski definition) is 2. The number of hydrogen-bond donors (Lipinski definition) is 0. The molecule has 0 N–H and O–H groups in total. The number of halogens is 1. The normalized spacial score (nSPS) is 22.4. The van der Waals surface area contributed by atoms with Gasteiger partial charge in [0.1, 0.15) is 13.6 Å². The molecule has 0 saturated carbocycles. The molecular formula is C13H20BrNOSi2. The standard InChI is InChI=1S/C13H20BrNOSi2/c1-17(2)10-13(16)18(3,4)15(17)9-11-6-5-7-12(14)8-11/h5-8H,9-10H2,1-4H3. The summed E-state index contributed by atoms with van der Waals surface area (Å²) in [4.78, 5) is 12.2. The van der Waals surface area contributed by atoms with E-state index in [1.165, 1.54) is 5.56 Å². The van der Waals surface area contributed by atoms with Crippen molar-refractivity contribution in [1.82, 2.24) is 4.23 Å². The number of nitrogens with zero attached hydrogens (tertiary/aromatic N) is 1. The average molecular weight is 342 g/mol. The first kappa shape index (κ1) is 14.2. The summed E-state index contributed by atoms with van der Waals surface area (Å²) in [6, 6.07) is 9.27. The molecule has 0 atom stereocenters. The molecule has 0 unspecified atom stereocenters. The summed E-state index contributed by atoms with van der Waals surface area (Å²) in [5.41, 5.74) is 1.31. The zero-order chi connectivity index (χ0) is 13.6. The first-order valence-corrected chi connectivity index (χ1v) is 13.2. The molecule has 1 aromatic rings. The predicted octanol–water partition coefficient (Wildman–Crippen LogP) is 3.78. The third-order valence-electron chi connectivity index (χ3n) is 3.91. The fourth-order valence-corrected chi connectivity index (χ4v) is 15.4. The van der Waals surface area contributed by atoms with Gasteiger partial charge in [-0.05, 0) is 17.7 Å². The zero-order valence-corrected chi connectivity index (χ0v) is 15.0. The Labute approximate surface area is 120 Å². The summed E-state index contributed by atoms with van der Waals surface area (Å²) in [6.07, 6.45) is 0. The lowest BCUT2D eigenvalue weighted by Crippen LogP contribution is -2.55. The molecule has 5 heteroatoms. The predicted molar refractivity (Wildman–Crippen MR) is 84.5 cm³/mol. The first-order chi connectivity index (χ1) is 8.23. The van der Waals surface area contributed by atoms with Gasteiger partial charge in [-0.25, -0.2) is 0 Å². The Kier molecular flexibility index (Phi) is 3.70. The second-order valence-electron chi connectivity index (χ2n) is 6.19. The maximum atomic E-state index is 12.2. The van der Waals surface area contributed by atoms with Gasteiger partial charge in [0, 0.05) is 17.1 Å². The van der Waals surface area contributed by atoms with Gasteiger partial charge in [0.05, 0.1) is 0 Å². The molecule has 1 aliphatic rings. The molecule has 1 saturated heterocycles. The highest BCUT2D eigenvalue weighted by Crippen LogP contribution is 2.34. The summed E-state index contributed by atoms with van der Waals surface area (Å²) in [7, 11) is -3.41. The molecule has 0 aliphatic carbocycles. The smallest absolute Gasteiger partial charge is 0.192 e. The van der Waals surface area contributed by atoms with E-state index in [9.17, 15) is 4.79 Å². The molecule has 1 aromatic carbocycles. The molecule has 1 heterocycles. The van der Waals surface area contributed by atoms with Crippen LogP contribution in [0.25, 0.3) is 0 Å². The summed E-state index contributed by atoms with van der Waals surface area (Å²) in [5.74, 6) is 0. The largest absolute Gasteiger partial charge is 0.336 e. The van der Waals surface area contributed by atoms with Crippen molar-refractivity contribution in [1.29, 1.82) is 0 Å². The zero-order valence-electron chi connectivity index (χ0n) is 11.5. The van der Waals surface area contributed by atoms with E-state index in [-0.39, 0.29) is 0 Å². The van der Waals surface area contributed by atoms with E-state index < -0.39 is 16.5 Å². The molecule has 1 aliphatic heterocycles. The van der Waals surface area contributed by atoms with E-state index in [1.54, 1.807) is 0 Å². The monoisotopic (exact) mass is 341 g/mol. The fourth-order valence-electron chi connectivity index (χ4n) is 2.84. The highest BCUT2D eigenvalue weighted by molar-refractivity contribution is 9.10. The molecular weight excluding hydrogens is 322 g/mol. The minimum absolute atomic E-state index is 0.536. The van der Waals surface area contributed by atoms with Gasteiger partial charge in [-0.2, -0.15) is 0 Å². The van der Waals surface area contributed by atoms with Crippen molar-refractivity contribution in [2.75, 3.05) is 0 Å². The maximum Gasteiger partial charge on any atom is 0.192 e. The number of benzene rings is 1. The molecule has 0 spiro atoms. The molecule has 1 fully saturated rings. The van der Waals surface area contributed by atoms with Crippen molar-refractivity contribution >= 4 is 37.8 Å². The molecule has 18 heavy (non-hydrogen) atoms. The lowest BCUT2D eigenvalue weighted by Gasteiger charge is -2.37. The van der Waals surface area contributed by atoms with Crippen LogP contribution in [-0.2, 0) is 11.3 Å². The maximum absolute atomic E-state index is 12.2. The molecule has 0 aromatic heterocycles. The Morgan fingerprint density at radius 2 is 1.94 bits per heavy atom. The highest BCUT2D eigenvalue weighted by atomic mass is 79.9. The van der Waals surface area contributed by atoms with Gasteiger partial charge in [-0.1, -0.05) is 54.3 Å². The lowest BCUT2D eigenvalue weighted by molar-refractivity contribution is -0.110. The average Bonchev–Trinajstić information content (AvgIpc) is 2.38. The van der Waals surface area contributed by atoms with Gasteiger partial charge in [-0.15, -0.1) is 0 Å². The second kappa shape index (κ2) is 4.70. The van der Waals surface area contributed by atoms with Crippen LogP contribution in [0.4, 0.5) is 0 Å². The van der Waals surface area contributed by atoms with Gasteiger partial charge < -0.3 is 9.03 Å². The third-order valence-corrected chi connectivity index (χ3v) is 14.1. The third kappa shape index (κ3) is 2.54. The van der Waals surface area contributed by atoms with E-state index in [4.69, 9.17) is 0 Å². The SMILES string of the molecule is C[Si]1(C)CC(=O)[Si](C)(C)N1Cc1cccc(Br)c1. The van der Waals surface area contributed by atoms with Crippen LogP contribution in [0.15, 0.2) is 28.7 Å². The van der Waals surface area contributed by atoms with Gasteiger partial charge in [0.15, 0.2) is 8.24 Å². The lowest BCUT2D eigenvalue weighted by atomic mass is 10.2. The van der Waals surface area contributed by atoms with Crippen molar-refractivity contribution < 1.29 is 4.79 Å². The van der Waals surface area contributed by atoms with E-state index >= 15 is 0 Å². The summed E-state index contributed by atoms with van der Waals surface area (Å²) in [6.45, 7) is 9.99. The van der Waals surface area contributed by atoms with Crippen molar-refractivity contribution in [3.05, 3.63) is 34.3 Å². The van der Waals surface area contributed by atoms with Crippen LogP contribution >= 0.6 is 15.9 Å². The van der Waals surface area contributed by atoms with Crippen LogP contribution in [-0.4, -0.2) is 26.1 Å². The summed E-state index contributed by atoms with van der Waals surface area (Å²) < 4.78 is 3.70. The van der Waals surface area contributed by atoms with Crippen molar-refractivity contribution in [3.63, 3.8) is 0 Å². The quantitative estimate of drug-likeness (QED) is 0.763. The minimum Gasteiger partial charge on any atom is -0.336 e. The van der Waals surface area contributed by atoms with Gasteiger partial charge in [-0.3, -0.25) is 0 Å². The summed E-state index contributed by atoms with van der Waals surface area (Å²) in [5, 5.41) is 0.536. The van der Waals surface area contributed by atoms with Gasteiger partial charge in [0.2, 0.25) is 0 Å². The number of rotatable bonds is 2. The second-order valence-corrected chi connectivity index (χ2v) is 16.3. The molecule has 2 rings (SSSR count). The molecule has 2 nitrogen and oxygen atoms in total. The number of carbonyl (C=O) groups is 1. The van der Waals surface area contributed by atoms with Crippen LogP contribution in [0.3, 0.4) is 0 Å². The Balaban J connectivity index is 2.29. The summed E-state index contributed by atoms with van der Waals surface area (Å²) >= 11 is 3.52. The van der Waals surface area contributed by atoms with E-state index in [0.717, 1.165) is 17.1 Å². The van der Waals surface area contributed by atoms with Crippen molar-refractivity contribution in [2.24, 2.45) is 0 Å². The minimum atomic E-state index is -1.87. The van der Waals surface area contributed by atoms with Crippen LogP contribution in [0.1, 0.15) is 5.56 Å². The molecule has 98 valence electrons. The van der Waals surface area contributed by atoms with Crippen LogP contribution in [0.2, 0.25) is 32.2 Å². The van der Waals surface area contributed by atoms with Crippen LogP contribution in [0, 0.1) is 0 Å². The fraction of sp³-hybridized carbons (Fsp3) is 0.462. The molecule has 0 amide bonds. The highest BCUT2D eigenvalue weighted by Gasteiger charge is 2.53.